The summed E-state index contributed by atoms with van der Waals surface area (Å²) in [7, 11) is -3.62. The van der Waals surface area contributed by atoms with Crippen LogP contribution in [-0.2, 0) is 14.8 Å². The van der Waals surface area contributed by atoms with Gasteiger partial charge in [0.2, 0.25) is 10.0 Å². The fourth-order valence-corrected chi connectivity index (χ4v) is 4.94. The molecule has 0 spiro atoms. The smallest absolute Gasteiger partial charge is 0.338 e. The van der Waals surface area contributed by atoms with Crippen LogP contribution in [-0.4, -0.2) is 49.2 Å². The Labute approximate surface area is 191 Å². The van der Waals surface area contributed by atoms with E-state index in [2.05, 4.69) is 12.2 Å². The van der Waals surface area contributed by atoms with Gasteiger partial charge in [0.15, 0.2) is 0 Å². The molecule has 11 heteroatoms. The maximum atomic E-state index is 12.8. The minimum absolute atomic E-state index is 0.0781. The lowest BCUT2D eigenvalue weighted by atomic mass is 10.0. The van der Waals surface area contributed by atoms with Crippen molar-refractivity contribution in [3.63, 3.8) is 0 Å². The van der Waals surface area contributed by atoms with E-state index in [9.17, 15) is 28.1 Å². The van der Waals surface area contributed by atoms with Crippen LogP contribution in [0.4, 0.5) is 11.4 Å². The molecule has 0 aliphatic carbocycles. The molecule has 1 fully saturated rings. The van der Waals surface area contributed by atoms with Crippen molar-refractivity contribution < 1.29 is 27.7 Å². The predicted octanol–water partition coefficient (Wildman–Crippen LogP) is 3.44. The largest absolute Gasteiger partial charge is 0.462 e. The van der Waals surface area contributed by atoms with Crippen LogP contribution in [0.2, 0.25) is 0 Å². The molecule has 2 aromatic rings. The van der Waals surface area contributed by atoms with Crippen molar-refractivity contribution in [3.05, 3.63) is 63.7 Å². The summed E-state index contributed by atoms with van der Waals surface area (Å²) in [5.74, 6) is -0.978. The summed E-state index contributed by atoms with van der Waals surface area (Å²) in [5, 5.41) is 13.8. The zero-order valence-electron chi connectivity index (χ0n) is 18.3. The fraction of sp³-hybridized carbons (Fsp3) is 0.364. The molecule has 1 amide bonds. The van der Waals surface area contributed by atoms with Crippen molar-refractivity contribution in [1.29, 1.82) is 0 Å². The number of nitro groups is 1. The van der Waals surface area contributed by atoms with Crippen LogP contribution < -0.4 is 5.32 Å². The highest BCUT2D eigenvalue weighted by molar-refractivity contribution is 7.89. The molecule has 2 aromatic carbocycles. The molecule has 10 nitrogen and oxygen atoms in total. The Kier molecular flexibility index (Phi) is 7.44. The number of sulfonamides is 1. The van der Waals surface area contributed by atoms with Crippen molar-refractivity contribution in [2.45, 2.75) is 31.6 Å². The zero-order chi connectivity index (χ0) is 24.2. The van der Waals surface area contributed by atoms with E-state index in [1.165, 1.54) is 34.6 Å². The number of benzene rings is 2. The minimum atomic E-state index is -3.62. The average molecular weight is 476 g/mol. The summed E-state index contributed by atoms with van der Waals surface area (Å²) in [5.41, 5.74) is -0.349. The molecule has 33 heavy (non-hydrogen) atoms. The number of nitrogens with one attached hydrogen (secondary N) is 1. The summed E-state index contributed by atoms with van der Waals surface area (Å²) >= 11 is 0. The summed E-state index contributed by atoms with van der Waals surface area (Å²) in [6.07, 6.45) is 1.62. The van der Waals surface area contributed by atoms with Gasteiger partial charge in [0.1, 0.15) is 0 Å². The summed E-state index contributed by atoms with van der Waals surface area (Å²) in [6, 6.07) is 8.99. The molecule has 1 aliphatic heterocycles. The quantitative estimate of drug-likeness (QED) is 0.368. The first-order valence-corrected chi connectivity index (χ1v) is 11.9. The first kappa shape index (κ1) is 24.3. The van der Waals surface area contributed by atoms with Gasteiger partial charge in [-0.05, 0) is 56.0 Å². The highest BCUT2D eigenvalue weighted by atomic mass is 32.2. The number of amides is 1. The molecule has 0 saturated carbocycles. The second-order valence-corrected chi connectivity index (χ2v) is 9.75. The van der Waals surface area contributed by atoms with E-state index in [1.54, 1.807) is 6.92 Å². The number of carbonyl (C=O) groups is 2. The van der Waals surface area contributed by atoms with Gasteiger partial charge in [-0.3, -0.25) is 14.9 Å². The second-order valence-electron chi connectivity index (χ2n) is 7.81. The van der Waals surface area contributed by atoms with Gasteiger partial charge in [-0.2, -0.15) is 4.31 Å². The molecule has 3 rings (SSSR count). The standard InChI is InChI=1S/C22H25N3O7S/c1-3-32-22(27)17-12-16(13-19(14-17)25(28)29)21(26)23-18-4-6-20(7-5-18)33(30,31)24-10-8-15(2)9-11-24/h4-7,12-15H,3,8-11H2,1-2H3,(H,23,26). The molecule has 0 unspecified atom stereocenters. The van der Waals surface area contributed by atoms with Crippen molar-refractivity contribution >= 4 is 33.3 Å². The van der Waals surface area contributed by atoms with Gasteiger partial charge >= 0.3 is 5.97 Å². The molecule has 0 radical (unpaired) electrons. The number of anilines is 1. The van der Waals surface area contributed by atoms with Crippen molar-refractivity contribution in [2.75, 3.05) is 25.0 Å². The lowest BCUT2D eigenvalue weighted by molar-refractivity contribution is -0.384. The number of rotatable bonds is 7. The number of esters is 1. The van der Waals surface area contributed by atoms with E-state index in [-0.39, 0.29) is 22.6 Å². The average Bonchev–Trinajstić information content (AvgIpc) is 2.79. The Bertz CT molecular complexity index is 1160. The molecule has 1 heterocycles. The van der Waals surface area contributed by atoms with Gasteiger partial charge in [0, 0.05) is 36.5 Å². The second kappa shape index (κ2) is 10.1. The monoisotopic (exact) mass is 475 g/mol. The van der Waals surface area contributed by atoms with Gasteiger partial charge in [0.25, 0.3) is 11.6 Å². The van der Waals surface area contributed by atoms with E-state index in [0.29, 0.717) is 24.7 Å². The summed E-state index contributed by atoms with van der Waals surface area (Å²) < 4.78 is 32.0. The van der Waals surface area contributed by atoms with Crippen LogP contribution in [0.15, 0.2) is 47.4 Å². The maximum absolute atomic E-state index is 12.8. The molecule has 176 valence electrons. The van der Waals surface area contributed by atoms with Crippen LogP contribution in [0.3, 0.4) is 0 Å². The van der Waals surface area contributed by atoms with Crippen molar-refractivity contribution in [3.8, 4) is 0 Å². The molecule has 1 N–H and O–H groups in total. The summed E-state index contributed by atoms with van der Waals surface area (Å²) in [4.78, 5) is 35.3. The van der Waals surface area contributed by atoms with Gasteiger partial charge in [-0.15, -0.1) is 0 Å². The Balaban J connectivity index is 1.78. The molecule has 0 bridgehead atoms. The van der Waals surface area contributed by atoms with Crippen LogP contribution in [0.5, 0.6) is 0 Å². The minimum Gasteiger partial charge on any atom is -0.462 e. The van der Waals surface area contributed by atoms with E-state index < -0.39 is 32.5 Å². The number of hydrogen-bond donors (Lipinski definition) is 1. The first-order valence-electron chi connectivity index (χ1n) is 10.5. The van der Waals surface area contributed by atoms with E-state index in [4.69, 9.17) is 4.74 Å². The van der Waals surface area contributed by atoms with Crippen LogP contribution >= 0.6 is 0 Å². The fourth-order valence-electron chi connectivity index (χ4n) is 3.47. The number of carbonyl (C=O) groups excluding carboxylic acids is 2. The zero-order valence-corrected chi connectivity index (χ0v) is 19.1. The predicted molar refractivity (Wildman–Crippen MR) is 121 cm³/mol. The summed E-state index contributed by atoms with van der Waals surface area (Å²) in [6.45, 7) is 4.71. The third-order valence-corrected chi connectivity index (χ3v) is 7.31. The van der Waals surface area contributed by atoms with Gasteiger partial charge in [0.05, 0.1) is 22.0 Å². The maximum Gasteiger partial charge on any atom is 0.338 e. The van der Waals surface area contributed by atoms with Gasteiger partial charge in [-0.25, -0.2) is 13.2 Å². The number of non-ortho nitro benzene ring substituents is 1. The Morgan fingerprint density at radius 3 is 2.30 bits per heavy atom. The molecule has 1 aliphatic rings. The third-order valence-electron chi connectivity index (χ3n) is 5.39. The normalized spacial score (nSPS) is 15.1. The number of ether oxygens (including phenoxy) is 1. The van der Waals surface area contributed by atoms with Crippen molar-refractivity contribution in [1.82, 2.24) is 4.31 Å². The van der Waals surface area contributed by atoms with Crippen LogP contribution in [0.1, 0.15) is 47.4 Å². The molecular formula is C22H25N3O7S. The number of hydrogen-bond acceptors (Lipinski definition) is 7. The lowest BCUT2D eigenvalue weighted by Crippen LogP contribution is -2.37. The SMILES string of the molecule is CCOC(=O)c1cc(C(=O)Nc2ccc(S(=O)(=O)N3CCC(C)CC3)cc2)cc([N+](=O)[O-])c1. The van der Waals surface area contributed by atoms with E-state index in [0.717, 1.165) is 25.0 Å². The van der Waals surface area contributed by atoms with Crippen LogP contribution in [0.25, 0.3) is 0 Å². The number of nitro benzene ring substituents is 1. The molecule has 0 atom stereocenters. The topological polar surface area (TPSA) is 136 Å². The molecule has 1 saturated heterocycles. The van der Waals surface area contributed by atoms with Gasteiger partial charge < -0.3 is 10.1 Å². The van der Waals surface area contributed by atoms with E-state index in [1.807, 2.05) is 0 Å². The highest BCUT2D eigenvalue weighted by Gasteiger charge is 2.28. The Morgan fingerprint density at radius 1 is 1.12 bits per heavy atom. The van der Waals surface area contributed by atoms with E-state index >= 15 is 0 Å². The first-order chi connectivity index (χ1) is 15.6. The molecular weight excluding hydrogens is 450 g/mol. The Hall–Kier alpha value is -3.31. The Morgan fingerprint density at radius 2 is 1.73 bits per heavy atom. The van der Waals surface area contributed by atoms with Crippen molar-refractivity contribution in [2.24, 2.45) is 5.92 Å². The number of piperidine rings is 1. The van der Waals surface area contributed by atoms with Gasteiger partial charge in [-0.1, -0.05) is 6.92 Å². The third kappa shape index (κ3) is 5.74. The van der Waals surface area contributed by atoms with Crippen LogP contribution in [0, 0.1) is 16.0 Å². The number of nitrogens with zero attached hydrogens (tertiary/aromatic N) is 2. The highest BCUT2D eigenvalue weighted by Crippen LogP contribution is 2.25. The lowest BCUT2D eigenvalue weighted by Gasteiger charge is -2.29. The molecule has 0 aromatic heterocycles.